The molecule has 0 aromatic heterocycles. The van der Waals surface area contributed by atoms with Gasteiger partial charge in [0.2, 0.25) is 5.91 Å². The summed E-state index contributed by atoms with van der Waals surface area (Å²) in [6.07, 6.45) is 2.53. The van der Waals surface area contributed by atoms with Crippen LogP contribution in [0.4, 0.5) is 5.69 Å². The number of nitrogens with one attached hydrogen (secondary N) is 1. The van der Waals surface area contributed by atoms with Gasteiger partial charge in [0.05, 0.1) is 13.0 Å². The second-order valence-electron chi connectivity index (χ2n) is 6.42. The maximum atomic E-state index is 12.1. The van der Waals surface area contributed by atoms with Gasteiger partial charge in [-0.05, 0) is 54.8 Å². The fourth-order valence-corrected chi connectivity index (χ4v) is 4.07. The molecule has 1 amide bonds. The Balaban J connectivity index is 1.41. The van der Waals surface area contributed by atoms with E-state index >= 15 is 0 Å². The molecule has 2 aromatic rings. The molecule has 0 aliphatic carbocycles. The van der Waals surface area contributed by atoms with Gasteiger partial charge < -0.3 is 14.8 Å². The highest BCUT2D eigenvalue weighted by atomic mass is 35.5. The van der Waals surface area contributed by atoms with Crippen LogP contribution in [-0.2, 0) is 15.3 Å². The number of halogens is 1. The van der Waals surface area contributed by atoms with Crippen LogP contribution in [0.3, 0.4) is 0 Å². The molecule has 1 saturated heterocycles. The van der Waals surface area contributed by atoms with Gasteiger partial charge in [-0.25, -0.2) is 0 Å². The van der Waals surface area contributed by atoms with E-state index in [4.69, 9.17) is 21.1 Å². The Labute approximate surface area is 169 Å². The van der Waals surface area contributed by atoms with Crippen LogP contribution in [-0.4, -0.2) is 31.0 Å². The molecule has 0 atom stereocenters. The number of rotatable bonds is 8. The topological polar surface area (TPSA) is 47.6 Å². The van der Waals surface area contributed by atoms with E-state index < -0.39 is 0 Å². The number of amides is 1. The van der Waals surface area contributed by atoms with E-state index in [2.05, 4.69) is 11.4 Å². The van der Waals surface area contributed by atoms with Gasteiger partial charge in [-0.1, -0.05) is 23.7 Å². The van der Waals surface area contributed by atoms with Gasteiger partial charge in [0.25, 0.3) is 0 Å². The molecule has 27 heavy (non-hydrogen) atoms. The Hall–Kier alpha value is -1.69. The number of thioether (sulfide) groups is 1. The standard InChI is InChI=1S/C21H24ClNO3S/c22-17-4-6-19(7-5-17)26-13-10-21(24)23-18-3-1-2-16(14-18)15-27-20-8-11-25-12-9-20/h1-7,14,20H,8-13,15H2,(H,23,24). The summed E-state index contributed by atoms with van der Waals surface area (Å²) in [6, 6.07) is 15.2. The first kappa shape index (κ1) is 20.1. The molecule has 1 aliphatic rings. The van der Waals surface area contributed by atoms with Crippen molar-refractivity contribution in [3.05, 3.63) is 59.1 Å². The number of anilines is 1. The zero-order valence-electron chi connectivity index (χ0n) is 15.2. The van der Waals surface area contributed by atoms with E-state index in [1.165, 1.54) is 5.56 Å². The largest absolute Gasteiger partial charge is 0.493 e. The second kappa shape index (κ2) is 10.6. The molecule has 0 unspecified atom stereocenters. The minimum Gasteiger partial charge on any atom is -0.493 e. The first-order valence-electron chi connectivity index (χ1n) is 9.15. The molecule has 6 heteroatoms. The molecule has 4 nitrogen and oxygen atoms in total. The minimum absolute atomic E-state index is 0.0572. The van der Waals surface area contributed by atoms with Crippen LogP contribution in [0, 0.1) is 0 Å². The molecule has 0 radical (unpaired) electrons. The Morgan fingerprint density at radius 2 is 1.96 bits per heavy atom. The van der Waals surface area contributed by atoms with E-state index in [0.29, 0.717) is 29.0 Å². The number of carbonyl (C=O) groups excluding carboxylic acids is 1. The van der Waals surface area contributed by atoms with Crippen molar-refractivity contribution in [2.75, 3.05) is 25.1 Å². The molecule has 1 aliphatic heterocycles. The van der Waals surface area contributed by atoms with E-state index in [1.54, 1.807) is 24.3 Å². The van der Waals surface area contributed by atoms with Crippen molar-refractivity contribution in [2.45, 2.75) is 30.3 Å². The fraction of sp³-hybridized carbons (Fsp3) is 0.381. The van der Waals surface area contributed by atoms with Gasteiger partial charge in [-0.15, -0.1) is 0 Å². The molecule has 1 heterocycles. The highest BCUT2D eigenvalue weighted by molar-refractivity contribution is 7.99. The zero-order chi connectivity index (χ0) is 18.9. The maximum absolute atomic E-state index is 12.1. The summed E-state index contributed by atoms with van der Waals surface area (Å²) in [5.41, 5.74) is 2.05. The number of hydrogen-bond donors (Lipinski definition) is 1. The van der Waals surface area contributed by atoms with Crippen LogP contribution < -0.4 is 10.1 Å². The number of ether oxygens (including phenoxy) is 2. The lowest BCUT2D eigenvalue weighted by atomic mass is 10.2. The molecule has 0 saturated carbocycles. The maximum Gasteiger partial charge on any atom is 0.227 e. The quantitative estimate of drug-likeness (QED) is 0.658. The highest BCUT2D eigenvalue weighted by Crippen LogP contribution is 2.26. The smallest absolute Gasteiger partial charge is 0.227 e. The molecule has 2 aromatic carbocycles. The van der Waals surface area contributed by atoms with Gasteiger partial charge in [0.1, 0.15) is 5.75 Å². The summed E-state index contributed by atoms with van der Waals surface area (Å²) in [5, 5.41) is 4.28. The Morgan fingerprint density at radius 1 is 1.19 bits per heavy atom. The third-order valence-electron chi connectivity index (χ3n) is 4.28. The van der Waals surface area contributed by atoms with Crippen LogP contribution in [0.25, 0.3) is 0 Å². The summed E-state index contributed by atoms with van der Waals surface area (Å²) in [7, 11) is 0. The second-order valence-corrected chi connectivity index (χ2v) is 8.15. The molecule has 1 fully saturated rings. The highest BCUT2D eigenvalue weighted by Gasteiger charge is 2.14. The number of hydrogen-bond acceptors (Lipinski definition) is 4. The number of benzene rings is 2. The van der Waals surface area contributed by atoms with E-state index in [1.807, 2.05) is 30.0 Å². The normalized spacial score (nSPS) is 14.7. The van der Waals surface area contributed by atoms with Crippen molar-refractivity contribution in [1.82, 2.24) is 0 Å². The van der Waals surface area contributed by atoms with Gasteiger partial charge in [-0.2, -0.15) is 11.8 Å². The van der Waals surface area contributed by atoms with Gasteiger partial charge >= 0.3 is 0 Å². The summed E-state index contributed by atoms with van der Waals surface area (Å²) in [5.74, 6) is 1.60. The van der Waals surface area contributed by atoms with Crippen molar-refractivity contribution < 1.29 is 14.3 Å². The van der Waals surface area contributed by atoms with Crippen molar-refractivity contribution >= 4 is 35.0 Å². The van der Waals surface area contributed by atoms with Crippen LogP contribution in [0.15, 0.2) is 48.5 Å². The predicted octanol–water partition coefficient (Wildman–Crippen LogP) is 5.16. The number of carbonyl (C=O) groups is 1. The summed E-state index contributed by atoms with van der Waals surface area (Å²) in [6.45, 7) is 2.06. The van der Waals surface area contributed by atoms with Gasteiger partial charge in [-0.3, -0.25) is 4.79 Å². The minimum atomic E-state index is -0.0572. The summed E-state index contributed by atoms with van der Waals surface area (Å²) < 4.78 is 11.0. The first-order valence-corrected chi connectivity index (χ1v) is 10.6. The Kier molecular flexibility index (Phi) is 7.87. The van der Waals surface area contributed by atoms with Crippen LogP contribution in [0.5, 0.6) is 5.75 Å². The van der Waals surface area contributed by atoms with Crippen molar-refractivity contribution in [3.8, 4) is 5.75 Å². The third kappa shape index (κ3) is 7.09. The van der Waals surface area contributed by atoms with E-state index in [9.17, 15) is 4.79 Å². The van der Waals surface area contributed by atoms with Crippen LogP contribution in [0.2, 0.25) is 5.02 Å². The van der Waals surface area contributed by atoms with E-state index in [-0.39, 0.29) is 5.91 Å². The first-order chi connectivity index (χ1) is 13.2. The zero-order valence-corrected chi connectivity index (χ0v) is 16.7. The molecule has 1 N–H and O–H groups in total. The van der Waals surface area contributed by atoms with Crippen molar-refractivity contribution in [3.63, 3.8) is 0 Å². The molecule has 0 bridgehead atoms. The van der Waals surface area contributed by atoms with E-state index in [0.717, 1.165) is 37.5 Å². The summed E-state index contributed by atoms with van der Waals surface area (Å²) >= 11 is 7.81. The van der Waals surface area contributed by atoms with Crippen LogP contribution in [0.1, 0.15) is 24.8 Å². The van der Waals surface area contributed by atoms with Crippen molar-refractivity contribution in [2.24, 2.45) is 0 Å². The Bertz CT molecular complexity index is 732. The van der Waals surface area contributed by atoms with Crippen molar-refractivity contribution in [1.29, 1.82) is 0 Å². The lowest BCUT2D eigenvalue weighted by Gasteiger charge is -2.21. The predicted molar refractivity (Wildman–Crippen MR) is 112 cm³/mol. The lowest BCUT2D eigenvalue weighted by molar-refractivity contribution is -0.116. The third-order valence-corrected chi connectivity index (χ3v) is 5.97. The Morgan fingerprint density at radius 3 is 2.74 bits per heavy atom. The molecule has 3 rings (SSSR count). The van der Waals surface area contributed by atoms with Crippen LogP contribution >= 0.6 is 23.4 Å². The lowest BCUT2D eigenvalue weighted by Crippen LogP contribution is -2.17. The average molecular weight is 406 g/mol. The molecule has 144 valence electrons. The molecule has 0 spiro atoms. The molecular weight excluding hydrogens is 382 g/mol. The fourth-order valence-electron chi connectivity index (χ4n) is 2.81. The van der Waals surface area contributed by atoms with Gasteiger partial charge in [0.15, 0.2) is 0 Å². The summed E-state index contributed by atoms with van der Waals surface area (Å²) in [4.78, 5) is 12.1. The SMILES string of the molecule is O=C(CCOc1ccc(Cl)cc1)Nc1cccc(CSC2CCOCC2)c1. The van der Waals surface area contributed by atoms with Gasteiger partial charge in [0, 0.05) is 34.9 Å². The molecular formula is C21H24ClNO3S. The monoisotopic (exact) mass is 405 g/mol. The average Bonchev–Trinajstić information content (AvgIpc) is 2.69.